The minimum atomic E-state index is -3.99. The van der Waals surface area contributed by atoms with Crippen LogP contribution in [0.25, 0.3) is 0 Å². The Morgan fingerprint density at radius 1 is 1.17 bits per heavy atom. The zero-order valence-electron chi connectivity index (χ0n) is 15.9. The fourth-order valence-corrected chi connectivity index (χ4v) is 3.96. The van der Waals surface area contributed by atoms with E-state index >= 15 is 0 Å². The molecule has 0 heterocycles. The maximum absolute atomic E-state index is 12.7. The van der Waals surface area contributed by atoms with Crippen LogP contribution in [0, 0.1) is 6.92 Å². The standard InChI is InChI=1S/C19H22ClN3O5S/c1-12-3-6-14(7-4-12)29(26,27)23-16(8-10-18(21)24)19(25)22-13-5-9-17(28-2)15(20)11-13/h3-7,9,11,16,23H,8,10H2,1-2H3,(H2,21,24)(H,22,25). The third kappa shape index (κ3) is 6.45. The summed E-state index contributed by atoms with van der Waals surface area (Å²) in [6.45, 7) is 1.83. The number of amides is 2. The molecule has 0 aliphatic heterocycles. The number of sulfonamides is 1. The lowest BCUT2D eigenvalue weighted by Gasteiger charge is -2.18. The number of hydrogen-bond donors (Lipinski definition) is 3. The molecule has 0 radical (unpaired) electrons. The molecule has 0 aromatic heterocycles. The zero-order valence-corrected chi connectivity index (χ0v) is 17.5. The molecule has 0 saturated carbocycles. The second-order valence-electron chi connectivity index (χ2n) is 6.33. The molecule has 0 bridgehead atoms. The number of halogens is 1. The van der Waals surface area contributed by atoms with Crippen LogP contribution in [0.2, 0.25) is 5.02 Å². The second kappa shape index (κ2) is 9.73. The van der Waals surface area contributed by atoms with Crippen LogP contribution in [0.3, 0.4) is 0 Å². The fraction of sp³-hybridized carbons (Fsp3) is 0.263. The molecule has 29 heavy (non-hydrogen) atoms. The third-order valence-electron chi connectivity index (χ3n) is 4.04. The molecule has 0 fully saturated rings. The largest absolute Gasteiger partial charge is 0.495 e. The molecule has 156 valence electrons. The predicted molar refractivity (Wildman–Crippen MR) is 110 cm³/mol. The third-order valence-corrected chi connectivity index (χ3v) is 5.83. The van der Waals surface area contributed by atoms with Crippen molar-refractivity contribution in [2.75, 3.05) is 12.4 Å². The zero-order chi connectivity index (χ0) is 21.6. The van der Waals surface area contributed by atoms with Gasteiger partial charge >= 0.3 is 0 Å². The van der Waals surface area contributed by atoms with E-state index in [9.17, 15) is 18.0 Å². The number of nitrogens with one attached hydrogen (secondary N) is 2. The van der Waals surface area contributed by atoms with E-state index in [-0.39, 0.29) is 22.8 Å². The lowest BCUT2D eigenvalue weighted by molar-refractivity contribution is -0.119. The average Bonchev–Trinajstić information content (AvgIpc) is 2.65. The fourth-order valence-electron chi connectivity index (χ4n) is 2.48. The number of benzene rings is 2. The van der Waals surface area contributed by atoms with Crippen molar-refractivity contribution in [1.82, 2.24) is 4.72 Å². The van der Waals surface area contributed by atoms with Crippen LogP contribution in [-0.4, -0.2) is 33.4 Å². The molecular weight excluding hydrogens is 418 g/mol. The lowest BCUT2D eigenvalue weighted by atomic mass is 10.1. The van der Waals surface area contributed by atoms with Gasteiger partial charge in [0.1, 0.15) is 11.8 Å². The molecule has 1 atom stereocenters. The number of nitrogens with two attached hydrogens (primary N) is 1. The number of ether oxygens (including phenoxy) is 1. The van der Waals surface area contributed by atoms with E-state index in [1.54, 1.807) is 24.3 Å². The van der Waals surface area contributed by atoms with E-state index in [0.29, 0.717) is 11.4 Å². The molecule has 0 saturated heterocycles. The number of hydrogen-bond acceptors (Lipinski definition) is 5. The van der Waals surface area contributed by atoms with Crippen molar-refractivity contribution >= 4 is 39.1 Å². The molecule has 0 spiro atoms. The first-order valence-electron chi connectivity index (χ1n) is 8.64. The molecule has 1 unspecified atom stereocenters. The molecule has 2 rings (SSSR count). The minimum absolute atomic E-state index is 0.00691. The van der Waals surface area contributed by atoms with Crippen LogP contribution in [0.1, 0.15) is 18.4 Å². The first-order valence-corrected chi connectivity index (χ1v) is 10.5. The number of methoxy groups -OCH3 is 1. The molecular formula is C19H22ClN3O5S. The Bertz CT molecular complexity index is 993. The Morgan fingerprint density at radius 3 is 2.38 bits per heavy atom. The number of carbonyl (C=O) groups excluding carboxylic acids is 2. The predicted octanol–water partition coefficient (Wildman–Crippen LogP) is 2.21. The highest BCUT2D eigenvalue weighted by Crippen LogP contribution is 2.27. The average molecular weight is 440 g/mol. The summed E-state index contributed by atoms with van der Waals surface area (Å²) in [4.78, 5) is 23.9. The second-order valence-corrected chi connectivity index (χ2v) is 8.45. The van der Waals surface area contributed by atoms with Gasteiger partial charge in [0.2, 0.25) is 21.8 Å². The summed E-state index contributed by atoms with van der Waals surface area (Å²) in [5.41, 5.74) is 6.40. The van der Waals surface area contributed by atoms with Gasteiger partial charge in [0.05, 0.1) is 17.0 Å². The molecule has 2 amide bonds. The van der Waals surface area contributed by atoms with Crippen LogP contribution in [0.4, 0.5) is 5.69 Å². The van der Waals surface area contributed by atoms with Gasteiger partial charge in [-0.3, -0.25) is 9.59 Å². The number of carbonyl (C=O) groups is 2. The Balaban J connectivity index is 2.22. The summed E-state index contributed by atoms with van der Waals surface area (Å²) in [6, 6.07) is 9.54. The van der Waals surface area contributed by atoms with Gasteiger partial charge < -0.3 is 15.8 Å². The molecule has 4 N–H and O–H groups in total. The summed E-state index contributed by atoms with van der Waals surface area (Å²) >= 11 is 6.05. The van der Waals surface area contributed by atoms with Gasteiger partial charge in [-0.2, -0.15) is 4.72 Å². The van der Waals surface area contributed by atoms with E-state index in [1.165, 1.54) is 25.3 Å². The van der Waals surface area contributed by atoms with Crippen molar-refractivity contribution in [2.45, 2.75) is 30.7 Å². The van der Waals surface area contributed by atoms with Gasteiger partial charge in [-0.1, -0.05) is 29.3 Å². The Labute approximate surface area is 174 Å². The number of aryl methyl sites for hydroxylation is 1. The monoisotopic (exact) mass is 439 g/mol. The van der Waals surface area contributed by atoms with Crippen LogP contribution in [-0.2, 0) is 19.6 Å². The maximum atomic E-state index is 12.7. The normalized spacial score (nSPS) is 12.2. The van der Waals surface area contributed by atoms with Crippen molar-refractivity contribution in [1.29, 1.82) is 0 Å². The highest BCUT2D eigenvalue weighted by atomic mass is 35.5. The number of rotatable bonds is 9. The van der Waals surface area contributed by atoms with Crippen LogP contribution >= 0.6 is 11.6 Å². The molecule has 2 aromatic carbocycles. The first-order chi connectivity index (χ1) is 13.6. The van der Waals surface area contributed by atoms with Crippen molar-refractivity contribution in [3.63, 3.8) is 0 Å². The Morgan fingerprint density at radius 2 is 1.83 bits per heavy atom. The number of primary amides is 1. The minimum Gasteiger partial charge on any atom is -0.495 e. The van der Waals surface area contributed by atoms with Crippen molar-refractivity contribution in [3.8, 4) is 5.75 Å². The van der Waals surface area contributed by atoms with Crippen LogP contribution < -0.4 is 20.5 Å². The summed E-state index contributed by atoms with van der Waals surface area (Å²) in [5, 5.41) is 2.86. The highest BCUT2D eigenvalue weighted by molar-refractivity contribution is 7.89. The highest BCUT2D eigenvalue weighted by Gasteiger charge is 2.26. The SMILES string of the molecule is COc1ccc(NC(=O)C(CCC(N)=O)NS(=O)(=O)c2ccc(C)cc2)cc1Cl. The molecule has 10 heteroatoms. The van der Waals surface area contributed by atoms with Crippen molar-refractivity contribution < 1.29 is 22.7 Å². The van der Waals surface area contributed by atoms with E-state index < -0.39 is 27.9 Å². The lowest BCUT2D eigenvalue weighted by Crippen LogP contribution is -2.44. The van der Waals surface area contributed by atoms with E-state index in [1.807, 2.05) is 6.92 Å². The van der Waals surface area contributed by atoms with Gasteiger partial charge in [-0.15, -0.1) is 0 Å². The summed E-state index contributed by atoms with van der Waals surface area (Å²) in [6.07, 6.45) is -0.270. The van der Waals surface area contributed by atoms with Gasteiger partial charge in [0, 0.05) is 12.1 Å². The number of anilines is 1. The van der Waals surface area contributed by atoms with Crippen molar-refractivity contribution in [3.05, 3.63) is 53.1 Å². The maximum Gasteiger partial charge on any atom is 0.242 e. The topological polar surface area (TPSA) is 128 Å². The quantitative estimate of drug-likeness (QED) is 0.551. The molecule has 2 aromatic rings. The Kier molecular flexibility index (Phi) is 7.60. The van der Waals surface area contributed by atoms with Crippen LogP contribution in [0.15, 0.2) is 47.4 Å². The van der Waals surface area contributed by atoms with E-state index in [4.69, 9.17) is 22.1 Å². The van der Waals surface area contributed by atoms with E-state index in [2.05, 4.69) is 10.0 Å². The van der Waals surface area contributed by atoms with Crippen molar-refractivity contribution in [2.24, 2.45) is 5.73 Å². The van der Waals surface area contributed by atoms with E-state index in [0.717, 1.165) is 5.56 Å². The Hall–Kier alpha value is -2.62. The summed E-state index contributed by atoms with van der Waals surface area (Å²) in [5.74, 6) is -0.872. The van der Waals surface area contributed by atoms with Gasteiger partial charge in [0.15, 0.2) is 0 Å². The molecule has 0 aliphatic rings. The molecule has 0 aliphatic carbocycles. The smallest absolute Gasteiger partial charge is 0.242 e. The van der Waals surface area contributed by atoms with Gasteiger partial charge in [0.25, 0.3) is 0 Å². The summed E-state index contributed by atoms with van der Waals surface area (Å²) in [7, 11) is -2.53. The van der Waals surface area contributed by atoms with Gasteiger partial charge in [-0.05, 0) is 43.7 Å². The summed E-state index contributed by atoms with van der Waals surface area (Å²) < 4.78 is 32.7. The first kappa shape index (κ1) is 22.7. The van der Waals surface area contributed by atoms with Gasteiger partial charge in [-0.25, -0.2) is 8.42 Å². The molecule has 8 nitrogen and oxygen atoms in total. The van der Waals surface area contributed by atoms with Crippen LogP contribution in [0.5, 0.6) is 5.75 Å².